The maximum absolute atomic E-state index is 12.7. The quantitative estimate of drug-likeness (QED) is 0.375. The minimum Gasteiger partial charge on any atom is -0.459 e. The number of esters is 1. The van der Waals surface area contributed by atoms with Gasteiger partial charge in [0.2, 0.25) is 5.91 Å². The van der Waals surface area contributed by atoms with E-state index in [9.17, 15) is 9.59 Å². The molecular weight excluding hydrogens is 394 g/mol. The third kappa shape index (κ3) is 5.24. The van der Waals surface area contributed by atoms with Crippen LogP contribution in [0.4, 0.5) is 5.00 Å². The number of rotatable bonds is 5. The van der Waals surface area contributed by atoms with Crippen LogP contribution in [0, 0.1) is 0 Å². The topological polar surface area (TPSA) is 55.4 Å². The molecule has 1 heterocycles. The molecule has 1 aromatic carbocycles. The van der Waals surface area contributed by atoms with Gasteiger partial charge in [-0.2, -0.15) is 0 Å². The molecule has 0 fully saturated rings. The molecule has 1 N–H and O–H groups in total. The van der Waals surface area contributed by atoms with Crippen LogP contribution >= 0.6 is 22.9 Å². The first-order valence-corrected chi connectivity index (χ1v) is 10.7. The molecule has 2 aromatic rings. The Balaban J connectivity index is 1.82. The van der Waals surface area contributed by atoms with Gasteiger partial charge in [-0.3, -0.25) is 4.79 Å². The predicted octanol–water partition coefficient (Wildman–Crippen LogP) is 5.89. The van der Waals surface area contributed by atoms with E-state index in [2.05, 4.69) is 5.32 Å². The normalized spacial score (nSPS) is 14.0. The van der Waals surface area contributed by atoms with E-state index >= 15 is 0 Å². The summed E-state index contributed by atoms with van der Waals surface area (Å²) in [5.41, 5.74) is 2.45. The Morgan fingerprint density at radius 2 is 1.86 bits per heavy atom. The molecule has 3 rings (SSSR count). The Kier molecular flexibility index (Phi) is 6.92. The zero-order valence-corrected chi connectivity index (χ0v) is 17.7. The predicted molar refractivity (Wildman–Crippen MR) is 115 cm³/mol. The second-order valence-electron chi connectivity index (χ2n) is 7.10. The molecule has 0 bridgehead atoms. The van der Waals surface area contributed by atoms with Crippen LogP contribution in [0.5, 0.6) is 0 Å². The molecular formula is C22H24ClNO3S. The summed E-state index contributed by atoms with van der Waals surface area (Å²) < 4.78 is 5.45. The first kappa shape index (κ1) is 20.6. The van der Waals surface area contributed by atoms with Gasteiger partial charge in [0.1, 0.15) is 5.00 Å². The highest BCUT2D eigenvalue weighted by molar-refractivity contribution is 7.17. The first-order chi connectivity index (χ1) is 13.4. The molecule has 28 heavy (non-hydrogen) atoms. The Morgan fingerprint density at radius 1 is 1.14 bits per heavy atom. The van der Waals surface area contributed by atoms with Crippen molar-refractivity contribution in [1.82, 2.24) is 0 Å². The minimum atomic E-state index is -0.355. The standard InChI is InChI=1S/C22H24ClNO3S/c1-14(2)27-22(26)20-17-6-4-3-5-7-18(17)28-21(20)24-19(25)13-10-15-8-11-16(23)12-9-15/h8-14H,3-7H2,1-2H3,(H,24,25)/b13-10+. The highest BCUT2D eigenvalue weighted by Crippen LogP contribution is 2.38. The van der Waals surface area contributed by atoms with Crippen molar-refractivity contribution in [2.75, 3.05) is 5.32 Å². The molecule has 0 unspecified atom stereocenters. The number of amides is 1. The van der Waals surface area contributed by atoms with Gasteiger partial charge in [-0.1, -0.05) is 30.2 Å². The van der Waals surface area contributed by atoms with Crippen LogP contribution in [0.2, 0.25) is 5.02 Å². The Labute approximate surface area is 174 Å². The summed E-state index contributed by atoms with van der Waals surface area (Å²) in [6.45, 7) is 3.66. The molecule has 0 radical (unpaired) electrons. The lowest BCUT2D eigenvalue weighted by molar-refractivity contribution is -0.111. The fraction of sp³-hybridized carbons (Fsp3) is 0.364. The van der Waals surface area contributed by atoms with Crippen molar-refractivity contribution in [2.24, 2.45) is 0 Å². The van der Waals surface area contributed by atoms with Crippen molar-refractivity contribution in [3.8, 4) is 0 Å². The molecule has 1 aliphatic carbocycles. The van der Waals surface area contributed by atoms with Crippen LogP contribution in [0.15, 0.2) is 30.3 Å². The minimum absolute atomic E-state index is 0.206. The lowest BCUT2D eigenvalue weighted by atomic mass is 10.1. The van der Waals surface area contributed by atoms with Crippen LogP contribution in [-0.2, 0) is 22.4 Å². The number of ether oxygens (including phenoxy) is 1. The van der Waals surface area contributed by atoms with E-state index in [1.54, 1.807) is 18.2 Å². The molecule has 1 amide bonds. The van der Waals surface area contributed by atoms with Crippen LogP contribution in [0.1, 0.15) is 59.5 Å². The number of aryl methyl sites for hydroxylation is 1. The number of thiophene rings is 1. The van der Waals surface area contributed by atoms with Gasteiger partial charge < -0.3 is 10.1 Å². The number of halogens is 1. The van der Waals surface area contributed by atoms with E-state index < -0.39 is 0 Å². The second-order valence-corrected chi connectivity index (χ2v) is 8.64. The van der Waals surface area contributed by atoms with Crippen molar-refractivity contribution >= 4 is 45.9 Å². The molecule has 6 heteroatoms. The van der Waals surface area contributed by atoms with Gasteiger partial charge in [-0.25, -0.2) is 4.79 Å². The lowest BCUT2D eigenvalue weighted by Gasteiger charge is -2.11. The van der Waals surface area contributed by atoms with Crippen LogP contribution in [0.3, 0.4) is 0 Å². The summed E-state index contributed by atoms with van der Waals surface area (Å²) in [7, 11) is 0. The number of carbonyl (C=O) groups excluding carboxylic acids is 2. The second kappa shape index (κ2) is 9.39. The number of nitrogens with one attached hydrogen (secondary N) is 1. The summed E-state index contributed by atoms with van der Waals surface area (Å²) in [6, 6.07) is 7.22. The summed E-state index contributed by atoms with van der Waals surface area (Å²) in [5.74, 6) is -0.628. The van der Waals surface area contributed by atoms with Gasteiger partial charge in [0.15, 0.2) is 0 Å². The number of fused-ring (bicyclic) bond motifs is 1. The van der Waals surface area contributed by atoms with Crippen molar-refractivity contribution in [3.05, 3.63) is 56.9 Å². The van der Waals surface area contributed by atoms with Gasteiger partial charge >= 0.3 is 5.97 Å². The highest BCUT2D eigenvalue weighted by atomic mass is 35.5. The van der Waals surface area contributed by atoms with Gasteiger partial charge in [0, 0.05) is 16.0 Å². The average molecular weight is 418 g/mol. The van der Waals surface area contributed by atoms with E-state index in [1.165, 1.54) is 22.3 Å². The molecule has 0 atom stereocenters. The molecule has 0 aliphatic heterocycles. The molecule has 1 aromatic heterocycles. The van der Waals surface area contributed by atoms with E-state index in [0.717, 1.165) is 43.2 Å². The van der Waals surface area contributed by atoms with Gasteiger partial charge in [0.05, 0.1) is 11.7 Å². The van der Waals surface area contributed by atoms with Gasteiger partial charge in [-0.05, 0) is 68.9 Å². The van der Waals surface area contributed by atoms with Crippen molar-refractivity contribution in [3.63, 3.8) is 0 Å². The maximum Gasteiger partial charge on any atom is 0.341 e. The monoisotopic (exact) mass is 417 g/mol. The zero-order chi connectivity index (χ0) is 20.1. The van der Waals surface area contributed by atoms with E-state index in [0.29, 0.717) is 15.6 Å². The van der Waals surface area contributed by atoms with Crippen molar-refractivity contribution in [2.45, 2.75) is 52.1 Å². The summed E-state index contributed by atoms with van der Waals surface area (Å²) >= 11 is 7.38. The number of hydrogen-bond donors (Lipinski definition) is 1. The molecule has 4 nitrogen and oxygen atoms in total. The largest absolute Gasteiger partial charge is 0.459 e. The van der Waals surface area contributed by atoms with Crippen molar-refractivity contribution < 1.29 is 14.3 Å². The Morgan fingerprint density at radius 3 is 2.57 bits per heavy atom. The molecule has 148 valence electrons. The summed E-state index contributed by atoms with van der Waals surface area (Å²) in [6.07, 6.45) is 8.09. The van der Waals surface area contributed by atoms with Crippen LogP contribution in [-0.4, -0.2) is 18.0 Å². The number of benzene rings is 1. The fourth-order valence-electron chi connectivity index (χ4n) is 3.22. The van der Waals surface area contributed by atoms with E-state index in [-0.39, 0.29) is 18.0 Å². The number of carbonyl (C=O) groups is 2. The van der Waals surface area contributed by atoms with E-state index in [1.807, 2.05) is 26.0 Å². The molecule has 0 spiro atoms. The maximum atomic E-state index is 12.7. The lowest BCUT2D eigenvalue weighted by Crippen LogP contribution is -2.16. The molecule has 0 saturated heterocycles. The third-order valence-electron chi connectivity index (χ3n) is 4.50. The van der Waals surface area contributed by atoms with Crippen molar-refractivity contribution in [1.29, 1.82) is 0 Å². The van der Waals surface area contributed by atoms with Crippen LogP contribution < -0.4 is 5.32 Å². The summed E-state index contributed by atoms with van der Waals surface area (Å²) in [4.78, 5) is 26.4. The SMILES string of the molecule is CC(C)OC(=O)c1c(NC(=O)/C=C/c2ccc(Cl)cc2)sc2c1CCCCC2. The van der Waals surface area contributed by atoms with Gasteiger partial charge in [0.25, 0.3) is 0 Å². The third-order valence-corrected chi connectivity index (χ3v) is 5.96. The average Bonchev–Trinajstić information content (AvgIpc) is 2.81. The molecule has 0 saturated carbocycles. The van der Waals surface area contributed by atoms with Crippen LogP contribution in [0.25, 0.3) is 6.08 Å². The number of hydrogen-bond acceptors (Lipinski definition) is 4. The fourth-order valence-corrected chi connectivity index (χ4v) is 4.63. The number of anilines is 1. The van der Waals surface area contributed by atoms with E-state index in [4.69, 9.17) is 16.3 Å². The first-order valence-electron chi connectivity index (χ1n) is 9.54. The zero-order valence-electron chi connectivity index (χ0n) is 16.1. The Hall–Kier alpha value is -2.11. The molecule has 1 aliphatic rings. The Bertz CT molecular complexity index is 884. The van der Waals surface area contributed by atoms with Gasteiger partial charge in [-0.15, -0.1) is 11.3 Å². The summed E-state index contributed by atoms with van der Waals surface area (Å²) in [5, 5.41) is 4.12. The smallest absolute Gasteiger partial charge is 0.341 e. The highest BCUT2D eigenvalue weighted by Gasteiger charge is 2.26.